The molecular formula is C17H30O3. The van der Waals surface area contributed by atoms with Gasteiger partial charge in [-0.3, -0.25) is 4.79 Å². The number of rotatable bonds is 6. The van der Waals surface area contributed by atoms with Gasteiger partial charge in [0.05, 0.1) is 6.61 Å². The highest BCUT2D eigenvalue weighted by Gasteiger charge is 1.99. The minimum Gasteiger partial charge on any atom is -0.493 e. The van der Waals surface area contributed by atoms with Crippen molar-refractivity contribution in [3.8, 4) is 11.5 Å². The molecule has 0 saturated heterocycles. The van der Waals surface area contributed by atoms with Crippen molar-refractivity contribution < 1.29 is 14.3 Å². The number of ether oxygens (including phenoxy) is 2. The van der Waals surface area contributed by atoms with E-state index in [1.54, 1.807) is 12.1 Å². The third kappa shape index (κ3) is 11.6. The Kier molecular flexibility index (Phi) is 14.5. The zero-order chi connectivity index (χ0) is 16.0. The van der Waals surface area contributed by atoms with Gasteiger partial charge in [0, 0.05) is 0 Å². The van der Waals surface area contributed by atoms with Gasteiger partial charge in [0.15, 0.2) is 5.78 Å². The van der Waals surface area contributed by atoms with Gasteiger partial charge in [-0.25, -0.2) is 0 Å². The van der Waals surface area contributed by atoms with E-state index < -0.39 is 0 Å². The average molecular weight is 282 g/mol. The van der Waals surface area contributed by atoms with Crippen LogP contribution in [0.2, 0.25) is 0 Å². The van der Waals surface area contributed by atoms with Crippen LogP contribution in [0.4, 0.5) is 0 Å². The summed E-state index contributed by atoms with van der Waals surface area (Å²) in [5.41, 5.74) is 0. The van der Waals surface area contributed by atoms with Crippen LogP contribution in [0.1, 0.15) is 48.5 Å². The molecule has 3 heteroatoms. The van der Waals surface area contributed by atoms with Crippen molar-refractivity contribution >= 4 is 5.78 Å². The van der Waals surface area contributed by atoms with Crippen LogP contribution in [0.15, 0.2) is 24.3 Å². The fourth-order valence-corrected chi connectivity index (χ4v) is 1.08. The molecule has 20 heavy (non-hydrogen) atoms. The Labute approximate surface area is 124 Å². The lowest BCUT2D eigenvalue weighted by molar-refractivity contribution is -0.118. The normalized spacial score (nSPS) is 8.80. The van der Waals surface area contributed by atoms with Gasteiger partial charge < -0.3 is 9.47 Å². The van der Waals surface area contributed by atoms with E-state index in [1.165, 1.54) is 6.92 Å². The Morgan fingerprint density at radius 3 is 1.70 bits per heavy atom. The minimum atomic E-state index is 0.0140. The summed E-state index contributed by atoms with van der Waals surface area (Å²) in [5.74, 6) is 2.03. The molecule has 0 radical (unpaired) electrons. The molecule has 0 aliphatic rings. The molecule has 1 aromatic carbocycles. The molecular weight excluding hydrogens is 252 g/mol. The lowest BCUT2D eigenvalue weighted by Crippen LogP contribution is -2.07. The SMILES string of the molecule is CC.CC.CC(=O)COc1ccc(OCC(C)C)cc1. The number of hydrogen-bond donors (Lipinski definition) is 0. The molecule has 0 aliphatic heterocycles. The predicted molar refractivity (Wildman–Crippen MR) is 85.6 cm³/mol. The second-order valence-corrected chi connectivity index (χ2v) is 4.17. The van der Waals surface area contributed by atoms with Crippen molar-refractivity contribution in [1.82, 2.24) is 0 Å². The quantitative estimate of drug-likeness (QED) is 0.756. The summed E-state index contributed by atoms with van der Waals surface area (Å²) in [6.45, 7) is 14.5. The monoisotopic (exact) mass is 282 g/mol. The van der Waals surface area contributed by atoms with Gasteiger partial charge in [-0.15, -0.1) is 0 Å². The third-order valence-corrected chi connectivity index (χ3v) is 1.85. The molecule has 0 aliphatic carbocycles. The van der Waals surface area contributed by atoms with Gasteiger partial charge in [-0.05, 0) is 37.1 Å². The third-order valence-electron chi connectivity index (χ3n) is 1.85. The van der Waals surface area contributed by atoms with E-state index in [9.17, 15) is 4.79 Å². The standard InChI is InChI=1S/C13H18O3.2C2H6/c1-10(2)8-15-12-4-6-13(7-5-12)16-9-11(3)14;2*1-2/h4-7,10H,8-9H2,1-3H3;2*1-2H3. The van der Waals surface area contributed by atoms with Crippen LogP contribution in [-0.2, 0) is 4.79 Å². The van der Waals surface area contributed by atoms with Crippen molar-refractivity contribution in [1.29, 1.82) is 0 Å². The Morgan fingerprint density at radius 1 is 0.950 bits per heavy atom. The van der Waals surface area contributed by atoms with Crippen LogP contribution in [0.5, 0.6) is 11.5 Å². The number of Topliss-reactive ketones (excluding diaryl/α,β-unsaturated/α-hetero) is 1. The first kappa shape index (κ1) is 20.8. The second kappa shape index (κ2) is 13.9. The van der Waals surface area contributed by atoms with Gasteiger partial charge in [-0.1, -0.05) is 41.5 Å². The highest BCUT2D eigenvalue weighted by molar-refractivity contribution is 5.77. The molecule has 0 unspecified atom stereocenters. The first-order valence-electron chi connectivity index (χ1n) is 7.43. The van der Waals surface area contributed by atoms with Crippen LogP contribution < -0.4 is 9.47 Å². The van der Waals surface area contributed by atoms with E-state index in [0.29, 0.717) is 18.3 Å². The molecule has 0 bridgehead atoms. The van der Waals surface area contributed by atoms with E-state index in [-0.39, 0.29) is 12.4 Å². The minimum absolute atomic E-state index is 0.0140. The van der Waals surface area contributed by atoms with E-state index in [2.05, 4.69) is 13.8 Å². The maximum atomic E-state index is 10.7. The molecule has 0 atom stereocenters. The van der Waals surface area contributed by atoms with Crippen LogP contribution in [0, 0.1) is 5.92 Å². The Bertz CT molecular complexity index is 329. The van der Waals surface area contributed by atoms with Gasteiger partial charge in [0.2, 0.25) is 0 Å². The molecule has 0 fully saturated rings. The number of carbonyl (C=O) groups excluding carboxylic acids is 1. The molecule has 1 rings (SSSR count). The largest absolute Gasteiger partial charge is 0.493 e. The number of ketones is 1. The van der Waals surface area contributed by atoms with E-state index in [0.717, 1.165) is 5.75 Å². The first-order chi connectivity index (χ1) is 9.58. The average Bonchev–Trinajstić information content (AvgIpc) is 2.48. The first-order valence-corrected chi connectivity index (χ1v) is 7.43. The van der Waals surface area contributed by atoms with Crippen molar-refractivity contribution in [2.24, 2.45) is 5.92 Å². The molecule has 0 amide bonds. The van der Waals surface area contributed by atoms with Gasteiger partial charge >= 0.3 is 0 Å². The maximum absolute atomic E-state index is 10.7. The Hall–Kier alpha value is -1.51. The fraction of sp³-hybridized carbons (Fsp3) is 0.588. The summed E-state index contributed by atoms with van der Waals surface area (Å²) in [7, 11) is 0. The zero-order valence-corrected chi connectivity index (χ0v) is 14.0. The molecule has 0 heterocycles. The smallest absolute Gasteiger partial charge is 0.167 e. The molecule has 1 aromatic rings. The van der Waals surface area contributed by atoms with Crippen molar-refractivity contribution in [2.45, 2.75) is 48.5 Å². The highest BCUT2D eigenvalue weighted by atomic mass is 16.5. The lowest BCUT2D eigenvalue weighted by Gasteiger charge is -2.09. The van der Waals surface area contributed by atoms with E-state index in [4.69, 9.17) is 9.47 Å². The van der Waals surface area contributed by atoms with Crippen molar-refractivity contribution in [3.05, 3.63) is 24.3 Å². The van der Waals surface area contributed by atoms with E-state index >= 15 is 0 Å². The topological polar surface area (TPSA) is 35.5 Å². The Balaban J connectivity index is 0. The highest BCUT2D eigenvalue weighted by Crippen LogP contribution is 2.18. The fourth-order valence-electron chi connectivity index (χ4n) is 1.08. The number of benzene rings is 1. The zero-order valence-electron chi connectivity index (χ0n) is 14.0. The van der Waals surface area contributed by atoms with E-state index in [1.807, 2.05) is 39.8 Å². The molecule has 0 saturated carbocycles. The number of hydrogen-bond acceptors (Lipinski definition) is 3. The maximum Gasteiger partial charge on any atom is 0.167 e. The summed E-state index contributed by atoms with van der Waals surface area (Å²) >= 11 is 0. The molecule has 0 N–H and O–H groups in total. The summed E-state index contributed by atoms with van der Waals surface area (Å²) in [5, 5.41) is 0. The summed E-state index contributed by atoms with van der Waals surface area (Å²) < 4.78 is 10.8. The van der Waals surface area contributed by atoms with Crippen LogP contribution in [0.3, 0.4) is 0 Å². The molecule has 0 aromatic heterocycles. The van der Waals surface area contributed by atoms with Gasteiger partial charge in [0.1, 0.15) is 18.1 Å². The molecule has 3 nitrogen and oxygen atoms in total. The van der Waals surface area contributed by atoms with Crippen LogP contribution in [0.25, 0.3) is 0 Å². The van der Waals surface area contributed by atoms with Crippen molar-refractivity contribution in [2.75, 3.05) is 13.2 Å². The van der Waals surface area contributed by atoms with Crippen LogP contribution >= 0.6 is 0 Å². The lowest BCUT2D eigenvalue weighted by atomic mass is 10.2. The van der Waals surface area contributed by atoms with Crippen LogP contribution in [-0.4, -0.2) is 19.0 Å². The molecule has 0 spiro atoms. The Morgan fingerprint density at radius 2 is 1.35 bits per heavy atom. The van der Waals surface area contributed by atoms with Crippen molar-refractivity contribution in [3.63, 3.8) is 0 Å². The van der Waals surface area contributed by atoms with Gasteiger partial charge in [0.25, 0.3) is 0 Å². The predicted octanol–water partition coefficient (Wildman–Crippen LogP) is 4.74. The summed E-state index contributed by atoms with van der Waals surface area (Å²) in [6, 6.07) is 7.30. The van der Waals surface area contributed by atoms with Gasteiger partial charge in [-0.2, -0.15) is 0 Å². The second-order valence-electron chi connectivity index (χ2n) is 4.17. The molecule has 116 valence electrons. The summed E-state index contributed by atoms with van der Waals surface area (Å²) in [4.78, 5) is 10.7. The summed E-state index contributed by atoms with van der Waals surface area (Å²) in [6.07, 6.45) is 0. The number of carbonyl (C=O) groups is 1.